The molecule has 1 N–H and O–H groups in total. The number of nitrogens with zero attached hydrogens (tertiary/aromatic N) is 4. The lowest BCUT2D eigenvalue weighted by Crippen LogP contribution is -2.14. The second-order valence-corrected chi connectivity index (χ2v) is 6.00. The van der Waals surface area contributed by atoms with Crippen molar-refractivity contribution in [2.45, 2.75) is 12.1 Å². The van der Waals surface area contributed by atoms with Crippen molar-refractivity contribution in [1.29, 1.82) is 0 Å². The summed E-state index contributed by atoms with van der Waals surface area (Å²) >= 11 is 1.21. The van der Waals surface area contributed by atoms with Gasteiger partial charge in [0.25, 0.3) is 0 Å². The molecule has 0 aliphatic heterocycles. The molecule has 0 unspecified atom stereocenters. The Labute approximate surface area is 142 Å². The fourth-order valence-corrected chi connectivity index (χ4v) is 2.77. The number of benzene rings is 2. The van der Waals surface area contributed by atoms with Crippen molar-refractivity contribution >= 4 is 23.4 Å². The number of thioether (sulfide) groups is 1. The van der Waals surface area contributed by atoms with Gasteiger partial charge in [0.05, 0.1) is 11.4 Å². The van der Waals surface area contributed by atoms with Crippen LogP contribution in [0.25, 0.3) is 5.69 Å². The van der Waals surface area contributed by atoms with Crippen LogP contribution in [-0.2, 0) is 4.79 Å². The number of aromatic nitrogens is 4. The number of hydrogen-bond donors (Lipinski definition) is 1. The van der Waals surface area contributed by atoms with Crippen molar-refractivity contribution in [3.63, 3.8) is 0 Å². The molecule has 1 amide bonds. The number of carbonyl (C=O) groups is 1. The molecule has 122 valence electrons. The molecule has 0 aliphatic rings. The Hall–Kier alpha value is -2.74. The van der Waals surface area contributed by atoms with Crippen LogP contribution < -0.4 is 5.32 Å². The summed E-state index contributed by atoms with van der Waals surface area (Å²) in [6.45, 7) is 1.98. The van der Waals surface area contributed by atoms with E-state index in [1.54, 1.807) is 10.7 Å². The highest BCUT2D eigenvalue weighted by Crippen LogP contribution is 2.19. The molecule has 0 saturated heterocycles. The Morgan fingerprint density at radius 1 is 1.25 bits per heavy atom. The molecule has 0 spiro atoms. The average molecular weight is 343 g/mol. The van der Waals surface area contributed by atoms with E-state index in [0.29, 0.717) is 10.8 Å². The van der Waals surface area contributed by atoms with Crippen LogP contribution in [0, 0.1) is 12.7 Å². The second kappa shape index (κ2) is 7.22. The number of amides is 1. The molecule has 0 bridgehead atoms. The second-order valence-electron chi connectivity index (χ2n) is 5.06. The van der Waals surface area contributed by atoms with Crippen LogP contribution in [0.2, 0.25) is 0 Å². The third kappa shape index (κ3) is 3.96. The molecule has 24 heavy (non-hydrogen) atoms. The van der Waals surface area contributed by atoms with E-state index in [1.165, 1.54) is 30.0 Å². The SMILES string of the molecule is Cc1cccc(-n2nnnc2SCC(=O)Nc2cccc(F)c2)c1. The number of aryl methyl sites for hydroxylation is 1. The Bertz CT molecular complexity index is 867. The Kier molecular flexibility index (Phi) is 4.85. The monoisotopic (exact) mass is 343 g/mol. The number of hydrogen-bond acceptors (Lipinski definition) is 5. The van der Waals surface area contributed by atoms with Crippen LogP contribution in [0.1, 0.15) is 5.56 Å². The number of carbonyl (C=O) groups excluding carboxylic acids is 1. The lowest BCUT2D eigenvalue weighted by molar-refractivity contribution is -0.113. The van der Waals surface area contributed by atoms with Crippen molar-refractivity contribution in [2.24, 2.45) is 0 Å². The highest BCUT2D eigenvalue weighted by atomic mass is 32.2. The minimum absolute atomic E-state index is 0.114. The molecule has 0 fully saturated rings. The van der Waals surface area contributed by atoms with Crippen molar-refractivity contribution in [3.8, 4) is 5.69 Å². The van der Waals surface area contributed by atoms with E-state index in [0.717, 1.165) is 11.3 Å². The molecule has 0 atom stereocenters. The summed E-state index contributed by atoms with van der Waals surface area (Å²) in [5.41, 5.74) is 2.33. The molecule has 0 saturated carbocycles. The van der Waals surface area contributed by atoms with Gasteiger partial charge in [0.1, 0.15) is 5.82 Å². The van der Waals surface area contributed by atoms with E-state index in [2.05, 4.69) is 20.8 Å². The summed E-state index contributed by atoms with van der Waals surface area (Å²) in [4.78, 5) is 12.0. The largest absolute Gasteiger partial charge is 0.325 e. The maximum atomic E-state index is 13.1. The van der Waals surface area contributed by atoms with Gasteiger partial charge in [-0.25, -0.2) is 4.39 Å². The normalized spacial score (nSPS) is 10.6. The first kappa shape index (κ1) is 16.1. The van der Waals surface area contributed by atoms with Crippen LogP contribution in [0.5, 0.6) is 0 Å². The summed E-state index contributed by atoms with van der Waals surface area (Å²) in [5, 5.41) is 14.7. The molecule has 2 aromatic carbocycles. The number of anilines is 1. The fraction of sp³-hybridized carbons (Fsp3) is 0.125. The molecular formula is C16H14FN5OS. The third-order valence-electron chi connectivity index (χ3n) is 3.13. The minimum atomic E-state index is -0.399. The van der Waals surface area contributed by atoms with Gasteiger partial charge in [0.2, 0.25) is 11.1 Å². The first-order valence-electron chi connectivity index (χ1n) is 7.15. The summed E-state index contributed by atoms with van der Waals surface area (Å²) in [5.74, 6) is -0.545. The summed E-state index contributed by atoms with van der Waals surface area (Å²) in [7, 11) is 0. The van der Waals surface area contributed by atoms with Crippen LogP contribution >= 0.6 is 11.8 Å². The molecule has 1 aromatic heterocycles. The van der Waals surface area contributed by atoms with Crippen LogP contribution in [0.15, 0.2) is 53.7 Å². The molecule has 1 heterocycles. The molecule has 6 nitrogen and oxygen atoms in total. The van der Waals surface area contributed by atoms with Gasteiger partial charge < -0.3 is 5.32 Å². The van der Waals surface area contributed by atoms with Gasteiger partial charge in [0, 0.05) is 5.69 Å². The van der Waals surface area contributed by atoms with Gasteiger partial charge >= 0.3 is 0 Å². The van der Waals surface area contributed by atoms with E-state index in [9.17, 15) is 9.18 Å². The van der Waals surface area contributed by atoms with E-state index >= 15 is 0 Å². The van der Waals surface area contributed by atoms with Gasteiger partial charge in [0.15, 0.2) is 0 Å². The number of rotatable bonds is 5. The van der Waals surface area contributed by atoms with Gasteiger partial charge in [-0.15, -0.1) is 5.10 Å². The quantitative estimate of drug-likeness (QED) is 0.721. The van der Waals surface area contributed by atoms with Crippen LogP contribution in [0.4, 0.5) is 10.1 Å². The smallest absolute Gasteiger partial charge is 0.234 e. The van der Waals surface area contributed by atoms with Gasteiger partial charge in [-0.2, -0.15) is 4.68 Å². The predicted octanol–water partition coefficient (Wildman–Crippen LogP) is 2.84. The van der Waals surface area contributed by atoms with Crippen molar-refractivity contribution < 1.29 is 9.18 Å². The zero-order valence-electron chi connectivity index (χ0n) is 12.8. The molecule has 3 aromatic rings. The number of tetrazole rings is 1. The lowest BCUT2D eigenvalue weighted by atomic mass is 10.2. The molecule has 0 radical (unpaired) electrons. The highest BCUT2D eigenvalue weighted by molar-refractivity contribution is 7.99. The van der Waals surface area contributed by atoms with Crippen LogP contribution in [-0.4, -0.2) is 31.9 Å². The lowest BCUT2D eigenvalue weighted by Gasteiger charge is -2.06. The Morgan fingerprint density at radius 3 is 2.88 bits per heavy atom. The van der Waals surface area contributed by atoms with Gasteiger partial charge in [-0.1, -0.05) is 30.0 Å². The predicted molar refractivity (Wildman–Crippen MR) is 89.6 cm³/mol. The molecule has 8 heteroatoms. The van der Waals surface area contributed by atoms with E-state index in [-0.39, 0.29) is 11.7 Å². The van der Waals surface area contributed by atoms with Gasteiger partial charge in [-0.3, -0.25) is 4.79 Å². The number of nitrogens with one attached hydrogen (secondary N) is 1. The third-order valence-corrected chi connectivity index (χ3v) is 4.05. The van der Waals surface area contributed by atoms with E-state index in [4.69, 9.17) is 0 Å². The maximum Gasteiger partial charge on any atom is 0.234 e. The zero-order valence-corrected chi connectivity index (χ0v) is 13.6. The average Bonchev–Trinajstić information content (AvgIpc) is 3.01. The van der Waals surface area contributed by atoms with Gasteiger partial charge in [-0.05, 0) is 53.2 Å². The summed E-state index contributed by atoms with van der Waals surface area (Å²) in [6, 6.07) is 13.5. The van der Waals surface area contributed by atoms with E-state index in [1.807, 2.05) is 31.2 Å². The highest BCUT2D eigenvalue weighted by Gasteiger charge is 2.12. The Morgan fingerprint density at radius 2 is 2.08 bits per heavy atom. The first-order chi connectivity index (χ1) is 11.6. The van der Waals surface area contributed by atoms with E-state index < -0.39 is 5.82 Å². The fourth-order valence-electron chi connectivity index (χ4n) is 2.08. The van der Waals surface area contributed by atoms with Crippen molar-refractivity contribution in [3.05, 3.63) is 59.9 Å². The zero-order chi connectivity index (χ0) is 16.9. The summed E-state index contributed by atoms with van der Waals surface area (Å²) in [6.07, 6.45) is 0. The minimum Gasteiger partial charge on any atom is -0.325 e. The Balaban J connectivity index is 1.65. The number of halogens is 1. The standard InChI is InChI=1S/C16H14FN5OS/c1-11-4-2-7-14(8-11)22-16(19-20-21-22)24-10-15(23)18-13-6-3-5-12(17)9-13/h2-9H,10H2,1H3,(H,18,23). The van der Waals surface area contributed by atoms with Crippen LogP contribution in [0.3, 0.4) is 0 Å². The van der Waals surface area contributed by atoms with Crippen molar-refractivity contribution in [1.82, 2.24) is 20.2 Å². The summed E-state index contributed by atoms with van der Waals surface area (Å²) < 4.78 is 14.7. The van der Waals surface area contributed by atoms with Crippen molar-refractivity contribution in [2.75, 3.05) is 11.1 Å². The topological polar surface area (TPSA) is 72.7 Å². The molecule has 0 aliphatic carbocycles. The molecule has 3 rings (SSSR count). The maximum absolute atomic E-state index is 13.1. The molecular weight excluding hydrogens is 329 g/mol. The first-order valence-corrected chi connectivity index (χ1v) is 8.14.